The van der Waals surface area contributed by atoms with Gasteiger partial charge in [0.2, 0.25) is 0 Å². The summed E-state index contributed by atoms with van der Waals surface area (Å²) < 4.78 is 0. The zero-order valence-corrected chi connectivity index (χ0v) is 17.5. The number of H-pyrrole nitrogens is 2. The molecule has 1 fully saturated rings. The maximum atomic E-state index is 9.16. The predicted molar refractivity (Wildman–Crippen MR) is 123 cm³/mol. The highest BCUT2D eigenvalue weighted by Gasteiger charge is 2.22. The van der Waals surface area contributed by atoms with E-state index < -0.39 is 0 Å². The molecule has 0 radical (unpaired) electrons. The van der Waals surface area contributed by atoms with Gasteiger partial charge in [-0.25, -0.2) is 0 Å². The van der Waals surface area contributed by atoms with Gasteiger partial charge >= 0.3 is 0 Å². The fourth-order valence-electron chi connectivity index (χ4n) is 4.86. The molecular formula is C26H25N5. The number of piperidine rings is 1. The van der Waals surface area contributed by atoms with Gasteiger partial charge in [0.25, 0.3) is 0 Å². The number of aryl methyl sites for hydroxylation is 1. The van der Waals surface area contributed by atoms with Crippen LogP contribution in [0.3, 0.4) is 0 Å². The van der Waals surface area contributed by atoms with Crippen LogP contribution >= 0.6 is 0 Å². The minimum Gasteiger partial charge on any atom is -0.361 e. The lowest BCUT2D eigenvalue weighted by molar-refractivity contribution is 0.209. The summed E-state index contributed by atoms with van der Waals surface area (Å²) in [6, 6.07) is 18.4. The summed E-state index contributed by atoms with van der Waals surface area (Å²) >= 11 is 0. The number of likely N-dealkylation sites (tertiary alicyclic amines) is 1. The van der Waals surface area contributed by atoms with E-state index in [1.807, 2.05) is 36.4 Å². The number of aromatic nitrogens is 2. The molecule has 0 saturated carbocycles. The van der Waals surface area contributed by atoms with Crippen LogP contribution in [0.25, 0.3) is 21.8 Å². The molecule has 1 aliphatic rings. The quantitative estimate of drug-likeness (QED) is 0.477. The monoisotopic (exact) mass is 407 g/mol. The number of hydrogen-bond donors (Lipinski definition) is 2. The van der Waals surface area contributed by atoms with E-state index in [0.717, 1.165) is 67.3 Å². The normalized spacial score (nSPS) is 15.3. The molecule has 0 atom stereocenters. The van der Waals surface area contributed by atoms with Crippen LogP contribution in [0.5, 0.6) is 0 Å². The fourth-order valence-corrected chi connectivity index (χ4v) is 4.86. The van der Waals surface area contributed by atoms with Crippen molar-refractivity contribution in [1.29, 1.82) is 10.5 Å². The van der Waals surface area contributed by atoms with Gasteiger partial charge in [-0.3, -0.25) is 0 Å². The van der Waals surface area contributed by atoms with Gasteiger partial charge in [0, 0.05) is 39.6 Å². The minimum atomic E-state index is 0.562. The van der Waals surface area contributed by atoms with E-state index in [1.165, 1.54) is 16.6 Å². The van der Waals surface area contributed by atoms with Gasteiger partial charge in [0.1, 0.15) is 0 Å². The Morgan fingerprint density at radius 3 is 2.45 bits per heavy atom. The third-order valence-corrected chi connectivity index (χ3v) is 6.62. The first-order valence-corrected chi connectivity index (χ1v) is 11.0. The molecule has 0 bridgehead atoms. The zero-order chi connectivity index (χ0) is 21.2. The first kappa shape index (κ1) is 19.4. The molecule has 154 valence electrons. The van der Waals surface area contributed by atoms with Crippen molar-refractivity contribution < 1.29 is 0 Å². The Kier molecular flexibility index (Phi) is 5.20. The molecule has 4 aromatic rings. The number of aromatic amines is 2. The average Bonchev–Trinajstić information content (AvgIpc) is 3.42. The molecule has 1 saturated heterocycles. The molecule has 0 aliphatic carbocycles. The minimum absolute atomic E-state index is 0.562. The zero-order valence-electron chi connectivity index (χ0n) is 17.5. The van der Waals surface area contributed by atoms with Crippen LogP contribution in [0.1, 0.15) is 47.6 Å². The Hall–Kier alpha value is -3.54. The average molecular weight is 408 g/mol. The van der Waals surface area contributed by atoms with Crippen molar-refractivity contribution in [3.8, 4) is 12.1 Å². The van der Waals surface area contributed by atoms with Gasteiger partial charge in [-0.05, 0) is 93.3 Å². The van der Waals surface area contributed by atoms with E-state index in [9.17, 15) is 0 Å². The van der Waals surface area contributed by atoms with Gasteiger partial charge in [0.15, 0.2) is 0 Å². The summed E-state index contributed by atoms with van der Waals surface area (Å²) in [6.45, 7) is 3.35. The van der Waals surface area contributed by atoms with Gasteiger partial charge < -0.3 is 14.9 Å². The molecule has 2 aromatic carbocycles. The number of rotatable bonds is 5. The van der Waals surface area contributed by atoms with Crippen LogP contribution in [0.15, 0.2) is 48.7 Å². The van der Waals surface area contributed by atoms with Crippen LogP contribution in [-0.2, 0) is 6.42 Å². The lowest BCUT2D eigenvalue weighted by Crippen LogP contribution is -2.33. The predicted octanol–water partition coefficient (Wildman–Crippen LogP) is 5.20. The molecule has 0 unspecified atom stereocenters. The number of fused-ring (bicyclic) bond motifs is 2. The Morgan fingerprint density at radius 2 is 1.68 bits per heavy atom. The summed E-state index contributed by atoms with van der Waals surface area (Å²) in [6.07, 6.45) is 6.56. The van der Waals surface area contributed by atoms with Crippen LogP contribution in [-0.4, -0.2) is 34.5 Å². The third-order valence-electron chi connectivity index (χ3n) is 6.62. The largest absolute Gasteiger partial charge is 0.361 e. The van der Waals surface area contributed by atoms with Crippen LogP contribution in [0.2, 0.25) is 0 Å². The molecule has 1 aliphatic heterocycles. The molecule has 3 heterocycles. The Balaban J connectivity index is 1.16. The maximum absolute atomic E-state index is 9.16. The molecule has 2 N–H and O–H groups in total. The summed E-state index contributed by atoms with van der Waals surface area (Å²) in [5.74, 6) is 0.562. The lowest BCUT2D eigenvalue weighted by Gasteiger charge is -2.31. The fraction of sp³-hybridized carbons (Fsp3) is 0.308. The van der Waals surface area contributed by atoms with Crippen molar-refractivity contribution in [3.05, 3.63) is 71.0 Å². The van der Waals surface area contributed by atoms with Crippen molar-refractivity contribution in [2.45, 2.75) is 31.6 Å². The number of nitriles is 2. The van der Waals surface area contributed by atoms with Gasteiger partial charge in [-0.2, -0.15) is 10.5 Å². The molecular weight excluding hydrogens is 382 g/mol. The standard InChI is InChI=1S/C26H25N5/c27-15-18-3-5-24-22(12-18)14-26(30-24)20-7-10-31(11-8-20)9-1-2-21-17-29-25-6-4-19(16-28)13-23(21)25/h3-6,12-14,17,20,29-30H,1-2,7-11H2. The second-order valence-corrected chi connectivity index (χ2v) is 8.54. The van der Waals surface area contributed by atoms with Crippen molar-refractivity contribution in [2.75, 3.05) is 19.6 Å². The summed E-state index contributed by atoms with van der Waals surface area (Å²) in [7, 11) is 0. The number of benzene rings is 2. The highest BCUT2D eigenvalue weighted by atomic mass is 15.1. The van der Waals surface area contributed by atoms with E-state index in [-0.39, 0.29) is 0 Å². The Labute approximate surface area is 181 Å². The topological polar surface area (TPSA) is 82.4 Å². The molecule has 2 aromatic heterocycles. The first-order chi connectivity index (χ1) is 15.2. The van der Waals surface area contributed by atoms with E-state index in [0.29, 0.717) is 11.5 Å². The lowest BCUT2D eigenvalue weighted by atomic mass is 9.93. The molecule has 0 spiro atoms. The molecule has 5 rings (SSSR count). The van der Waals surface area contributed by atoms with E-state index in [1.54, 1.807) is 0 Å². The molecule has 0 amide bonds. The second kappa shape index (κ2) is 8.30. The number of hydrogen-bond acceptors (Lipinski definition) is 3. The summed E-state index contributed by atoms with van der Waals surface area (Å²) in [4.78, 5) is 9.46. The van der Waals surface area contributed by atoms with Gasteiger partial charge in [-0.15, -0.1) is 0 Å². The van der Waals surface area contributed by atoms with Crippen LogP contribution in [0, 0.1) is 22.7 Å². The smallest absolute Gasteiger partial charge is 0.0991 e. The number of nitrogens with one attached hydrogen (secondary N) is 2. The molecule has 31 heavy (non-hydrogen) atoms. The van der Waals surface area contributed by atoms with Gasteiger partial charge in [-0.1, -0.05) is 0 Å². The van der Waals surface area contributed by atoms with Crippen molar-refractivity contribution in [1.82, 2.24) is 14.9 Å². The highest BCUT2D eigenvalue weighted by Crippen LogP contribution is 2.30. The Morgan fingerprint density at radius 1 is 0.935 bits per heavy atom. The van der Waals surface area contributed by atoms with Gasteiger partial charge in [0.05, 0.1) is 23.3 Å². The molecule has 5 heteroatoms. The summed E-state index contributed by atoms with van der Waals surface area (Å²) in [5, 5.41) is 20.6. The third kappa shape index (κ3) is 3.93. The maximum Gasteiger partial charge on any atom is 0.0991 e. The van der Waals surface area contributed by atoms with Crippen molar-refractivity contribution in [3.63, 3.8) is 0 Å². The summed E-state index contributed by atoms with van der Waals surface area (Å²) in [5.41, 5.74) is 6.27. The molecule has 5 nitrogen and oxygen atoms in total. The SMILES string of the molecule is N#Cc1ccc2[nH]c(C3CCN(CCCc4c[nH]c5ccc(C#N)cc45)CC3)cc2c1. The van der Waals surface area contributed by atoms with Crippen LogP contribution in [0.4, 0.5) is 0 Å². The second-order valence-electron chi connectivity index (χ2n) is 8.54. The van der Waals surface area contributed by atoms with Crippen molar-refractivity contribution in [2.24, 2.45) is 0 Å². The van der Waals surface area contributed by atoms with E-state index >= 15 is 0 Å². The highest BCUT2D eigenvalue weighted by molar-refractivity contribution is 5.84. The van der Waals surface area contributed by atoms with E-state index in [2.05, 4.69) is 39.3 Å². The Bertz CT molecular complexity index is 1310. The van der Waals surface area contributed by atoms with Crippen LogP contribution < -0.4 is 0 Å². The van der Waals surface area contributed by atoms with Crippen molar-refractivity contribution >= 4 is 21.8 Å². The number of nitrogens with zero attached hydrogens (tertiary/aromatic N) is 3. The van der Waals surface area contributed by atoms with E-state index in [4.69, 9.17) is 10.5 Å². The first-order valence-electron chi connectivity index (χ1n) is 11.0.